The van der Waals surface area contributed by atoms with Gasteiger partial charge in [0.2, 0.25) is 0 Å². The van der Waals surface area contributed by atoms with Crippen LogP contribution in [0.15, 0.2) is 91.3 Å². The molecule has 3 aromatic heterocycles. The lowest BCUT2D eigenvalue weighted by molar-refractivity contribution is -0.322. The zero-order valence-corrected chi connectivity index (χ0v) is 41.8. The normalized spacial score (nSPS) is 21.0. The fraction of sp³-hybridized carbons (Fsp3) is 0.423. The maximum Gasteiger partial charge on any atom is 0.522 e. The first-order valence-corrected chi connectivity index (χ1v) is 24.2. The Morgan fingerprint density at radius 3 is 2.38 bits per heavy atom. The second kappa shape index (κ2) is 20.1. The quantitative estimate of drug-likeness (QED) is 0.0399. The van der Waals surface area contributed by atoms with Crippen molar-refractivity contribution in [1.82, 2.24) is 28.7 Å². The van der Waals surface area contributed by atoms with E-state index in [1.165, 1.54) is 36.7 Å². The number of hydrogen-bond donors (Lipinski definition) is 4. The third-order valence-electron chi connectivity index (χ3n) is 14.0. The number of aryl methyl sites for hydroxylation is 2. The highest BCUT2D eigenvalue weighted by molar-refractivity contribution is 6.05. The van der Waals surface area contributed by atoms with Gasteiger partial charge in [-0.1, -0.05) is 32.0 Å². The molecule has 9 rings (SSSR count). The van der Waals surface area contributed by atoms with Crippen molar-refractivity contribution in [2.24, 2.45) is 16.6 Å². The van der Waals surface area contributed by atoms with Crippen LogP contribution >= 0.6 is 0 Å². The van der Waals surface area contributed by atoms with E-state index in [2.05, 4.69) is 46.2 Å². The van der Waals surface area contributed by atoms with Gasteiger partial charge in [-0.25, -0.2) is 23.4 Å². The number of imidazole rings is 1. The molecule has 5 heterocycles. The maximum absolute atomic E-state index is 16.3. The summed E-state index contributed by atoms with van der Waals surface area (Å²) in [6.45, 7) is 14.6. The largest absolute Gasteiger partial charge is 0.522 e. The molecular weight excluding hydrogens is 956 g/mol. The maximum atomic E-state index is 16.3. The van der Waals surface area contributed by atoms with Crippen LogP contribution in [0.5, 0.6) is 0 Å². The van der Waals surface area contributed by atoms with Gasteiger partial charge < -0.3 is 30.7 Å². The Kier molecular flexibility index (Phi) is 14.3. The summed E-state index contributed by atoms with van der Waals surface area (Å²) in [5, 5.41) is 15.5. The van der Waals surface area contributed by atoms with E-state index in [-0.39, 0.29) is 87.9 Å². The summed E-state index contributed by atoms with van der Waals surface area (Å²) >= 11 is 0. The SMILES string of the molecule is CC.Cc1cc(N=C(C2=C(N)CCN(C(=O)c3cc4cc(C5CCOC(C)(C)C5)ccc4n3C3(c4noc(=O)[nH]4)CC3C)C2C)n2ccn(-c3ccc(NCCOC(F)(F)F)c(C=N)c3F)c2=O)cc(C)c1F. The second-order valence-electron chi connectivity index (χ2n) is 19.2. The van der Waals surface area contributed by atoms with Crippen molar-refractivity contribution in [1.29, 1.82) is 5.41 Å². The number of carbonyl (C=O) groups is 1. The van der Waals surface area contributed by atoms with Crippen LogP contribution in [0.2, 0.25) is 0 Å². The Labute approximate surface area is 417 Å². The van der Waals surface area contributed by atoms with Gasteiger partial charge in [0.1, 0.15) is 22.9 Å². The number of aliphatic imine (C=N–C) groups is 1. The number of ether oxygens (including phenoxy) is 2. The highest BCUT2D eigenvalue weighted by atomic mass is 19.4. The number of benzene rings is 3. The van der Waals surface area contributed by atoms with E-state index in [1.54, 1.807) is 25.7 Å². The Bertz CT molecular complexity index is 3270. The first kappa shape index (κ1) is 52.2. The van der Waals surface area contributed by atoms with Crippen molar-refractivity contribution in [2.45, 2.75) is 111 Å². The molecule has 3 aliphatic rings. The zero-order chi connectivity index (χ0) is 52.9. The van der Waals surface area contributed by atoms with Crippen LogP contribution in [-0.4, -0.2) is 91.0 Å². The number of amides is 1. The molecule has 1 saturated heterocycles. The lowest BCUT2D eigenvalue weighted by Gasteiger charge is -2.37. The number of fused-ring (bicyclic) bond motifs is 1. The van der Waals surface area contributed by atoms with Crippen molar-refractivity contribution in [3.05, 3.63) is 139 Å². The molecule has 2 fully saturated rings. The van der Waals surface area contributed by atoms with Crippen LogP contribution in [0.4, 0.5) is 33.3 Å². The second-order valence-corrected chi connectivity index (χ2v) is 19.2. The lowest BCUT2D eigenvalue weighted by Crippen LogP contribution is -2.49. The van der Waals surface area contributed by atoms with Crippen LogP contribution in [0, 0.1) is 36.8 Å². The van der Waals surface area contributed by atoms with Gasteiger partial charge in [0.15, 0.2) is 11.6 Å². The Hall–Kier alpha value is -7.13. The van der Waals surface area contributed by atoms with Crippen molar-refractivity contribution in [3.63, 3.8) is 0 Å². The highest BCUT2D eigenvalue weighted by Gasteiger charge is 2.59. The van der Waals surface area contributed by atoms with Gasteiger partial charge in [-0.2, -0.15) is 0 Å². The van der Waals surface area contributed by atoms with E-state index >= 15 is 13.6 Å². The summed E-state index contributed by atoms with van der Waals surface area (Å²) in [5.74, 6) is -2.22. The molecule has 1 aliphatic carbocycles. The van der Waals surface area contributed by atoms with Crippen molar-refractivity contribution in [3.8, 4) is 5.69 Å². The van der Waals surface area contributed by atoms with E-state index < -0.39 is 53.5 Å². The number of halogens is 5. The average molecular weight is 1020 g/mol. The van der Waals surface area contributed by atoms with E-state index in [1.807, 2.05) is 37.5 Å². The number of nitrogens with two attached hydrogens (primary N) is 1. The summed E-state index contributed by atoms with van der Waals surface area (Å²) in [5.41, 5.74) is 7.70. The number of H-pyrrole nitrogens is 1. The monoisotopic (exact) mass is 1010 g/mol. The predicted octanol–water partition coefficient (Wildman–Crippen LogP) is 9.32. The Morgan fingerprint density at radius 1 is 1.04 bits per heavy atom. The first-order chi connectivity index (χ1) is 34.6. The van der Waals surface area contributed by atoms with Gasteiger partial charge >= 0.3 is 17.8 Å². The molecule has 1 saturated carbocycles. The van der Waals surface area contributed by atoms with Gasteiger partial charge in [-0.15, -0.1) is 13.2 Å². The zero-order valence-electron chi connectivity index (χ0n) is 41.8. The summed E-state index contributed by atoms with van der Waals surface area (Å²) in [4.78, 5) is 51.9. The molecule has 0 spiro atoms. The van der Waals surface area contributed by atoms with Gasteiger partial charge in [0.25, 0.3) is 5.91 Å². The van der Waals surface area contributed by atoms with Crippen LogP contribution in [-0.2, 0) is 15.0 Å². The van der Waals surface area contributed by atoms with Gasteiger partial charge in [0, 0.05) is 72.6 Å². The molecule has 73 heavy (non-hydrogen) atoms. The molecular formula is C52H59F5N10O6. The van der Waals surface area contributed by atoms with Gasteiger partial charge in [-0.05, 0) is 125 Å². The van der Waals surface area contributed by atoms with Gasteiger partial charge in [-0.3, -0.25) is 28.2 Å². The van der Waals surface area contributed by atoms with E-state index in [0.717, 1.165) is 38.4 Å². The molecule has 2 aliphatic heterocycles. The fourth-order valence-electron chi connectivity index (χ4n) is 10.4. The standard InChI is InChI=1S/C50H53F5N10O6.C2H6/c1-26-19-33(20-27(2)41(26)51)59-43(64-16-15-63(47(64)68)38-10-8-36(34(25-56)42(38)52)58-13-18-70-50(53,54)55)40-29(4)62(14-11-35(40)57)44(66)39-22-32-21-30(31-12-17-69-48(5,6)24-31)7-9-37(32)65(39)49(23-28(49)3)45-60-46(67)71-61-45;1-2/h7-10,15-16,19-22,25,28-29,31,56,58H,11-14,17-18,23-24,57H2,1-6H3,(H,60,61,67);1-2H3. The minimum Gasteiger partial charge on any atom is -0.402 e. The van der Waals surface area contributed by atoms with Gasteiger partial charge in [0.05, 0.1) is 35.2 Å². The molecule has 4 unspecified atom stereocenters. The molecule has 5 N–H and O–H groups in total. The number of carbonyl (C=O) groups excluding carboxylic acids is 1. The minimum atomic E-state index is -4.87. The number of alkyl halides is 3. The lowest BCUT2D eigenvalue weighted by atomic mass is 9.83. The first-order valence-electron chi connectivity index (χ1n) is 24.2. The molecule has 388 valence electrons. The van der Waals surface area contributed by atoms with Crippen molar-refractivity contribution in [2.75, 3.05) is 31.6 Å². The molecule has 1 amide bonds. The molecule has 21 heteroatoms. The number of aromatic amines is 1. The van der Waals surface area contributed by atoms with E-state index in [9.17, 15) is 22.8 Å². The minimum absolute atomic E-state index is 0.0123. The number of anilines is 1. The molecule has 3 aromatic carbocycles. The number of hydrogen-bond acceptors (Lipinski definition) is 11. The van der Waals surface area contributed by atoms with E-state index in [0.29, 0.717) is 30.6 Å². The third-order valence-corrected chi connectivity index (χ3v) is 14.0. The molecule has 6 aromatic rings. The van der Waals surface area contributed by atoms with Crippen molar-refractivity contribution >= 4 is 40.2 Å². The van der Waals surface area contributed by atoms with E-state index in [4.69, 9.17) is 25.4 Å². The topological polar surface area (TPSA) is 204 Å². The fourth-order valence-corrected chi connectivity index (χ4v) is 10.4. The molecule has 0 radical (unpaired) electrons. The predicted molar refractivity (Wildman–Crippen MR) is 266 cm³/mol. The van der Waals surface area contributed by atoms with Crippen LogP contribution in [0.3, 0.4) is 0 Å². The van der Waals surface area contributed by atoms with Crippen LogP contribution in [0.1, 0.15) is 112 Å². The average Bonchev–Trinajstić information content (AvgIpc) is 3.64. The summed E-state index contributed by atoms with van der Waals surface area (Å²) < 4.78 is 87.9. The number of nitrogens with one attached hydrogen (secondary N) is 3. The highest BCUT2D eigenvalue weighted by Crippen LogP contribution is 2.56. The molecule has 16 nitrogen and oxygen atoms in total. The summed E-state index contributed by atoms with van der Waals surface area (Å²) in [6.07, 6.45) is 0.730. The third kappa shape index (κ3) is 9.91. The smallest absolute Gasteiger partial charge is 0.402 e. The number of aromatic nitrogens is 5. The van der Waals surface area contributed by atoms with Crippen LogP contribution in [0.25, 0.3) is 16.6 Å². The number of nitrogens with zero attached hydrogens (tertiary/aromatic N) is 6. The Balaban J connectivity index is 0.00000351. The summed E-state index contributed by atoms with van der Waals surface area (Å²) in [6, 6.07) is 12.7. The van der Waals surface area contributed by atoms with Crippen LogP contribution < -0.4 is 22.5 Å². The molecule has 4 atom stereocenters. The summed E-state index contributed by atoms with van der Waals surface area (Å²) in [7, 11) is 0. The Morgan fingerprint density at radius 2 is 1.75 bits per heavy atom. The molecule has 0 bridgehead atoms. The van der Waals surface area contributed by atoms with Crippen molar-refractivity contribution < 1.29 is 40.7 Å². The number of rotatable bonds is 12.